The lowest BCUT2D eigenvalue weighted by molar-refractivity contribution is 0.352. The fourth-order valence-electron chi connectivity index (χ4n) is 2.49. The largest absolute Gasteiger partial charge is 0.311 e. The molecule has 1 aliphatic carbocycles. The summed E-state index contributed by atoms with van der Waals surface area (Å²) in [7, 11) is -3.72. The number of hydrogen-bond acceptors (Lipinski definition) is 4. The van der Waals surface area contributed by atoms with Crippen LogP contribution in [0.15, 0.2) is 0 Å². The monoisotopic (exact) mass is 281 g/mol. The molecule has 0 bridgehead atoms. The third kappa shape index (κ3) is 5.48. The molecule has 4 unspecified atom stereocenters. The van der Waals surface area contributed by atoms with Crippen LogP contribution in [0.3, 0.4) is 0 Å². The predicted molar refractivity (Wildman–Crippen MR) is 72.4 cm³/mol. The normalized spacial score (nSPS) is 29.8. The minimum absolute atomic E-state index is 0.184. The first-order chi connectivity index (χ1) is 7.79. The summed E-state index contributed by atoms with van der Waals surface area (Å²) in [6.45, 7) is 2.01. The molecular weight excluding hydrogens is 258 g/mol. The lowest BCUT2D eigenvalue weighted by atomic mass is 9.94. The molecule has 1 aliphatic rings. The lowest BCUT2D eigenvalue weighted by Gasteiger charge is -2.30. The summed E-state index contributed by atoms with van der Waals surface area (Å²) in [6, 6.07) is 0.436. The third-order valence-electron chi connectivity index (χ3n) is 3.24. The Hall–Kier alpha value is 0.0600. The van der Waals surface area contributed by atoms with Gasteiger partial charge in [0.15, 0.2) is 0 Å². The van der Waals surface area contributed by atoms with Crippen LogP contribution in [0.4, 0.5) is 0 Å². The smallest absolute Gasteiger partial charge is 0.150 e. The van der Waals surface area contributed by atoms with E-state index in [4.69, 9.17) is 0 Å². The topological polar surface area (TPSA) is 63.2 Å². The highest BCUT2D eigenvalue weighted by atomic mass is 32.2. The van der Waals surface area contributed by atoms with Crippen LogP contribution in [0.5, 0.6) is 0 Å². The van der Waals surface area contributed by atoms with Crippen molar-refractivity contribution < 1.29 is 12.6 Å². The van der Waals surface area contributed by atoms with Crippen molar-refractivity contribution in [2.24, 2.45) is 0 Å². The zero-order valence-corrected chi connectivity index (χ0v) is 12.4. The molecule has 0 heterocycles. The molecule has 1 fully saturated rings. The molecule has 4 nitrogen and oxygen atoms in total. The van der Waals surface area contributed by atoms with E-state index < -0.39 is 20.6 Å². The molecule has 1 rings (SSSR count). The standard InChI is InChI=1S/C11H23NO3S2/c1-9(8-16(2)13)12-10-5-4-6-11(7-10)17(3,14)15/h9-12H,4-8H2,1-3H3. The third-order valence-corrected chi connectivity index (χ3v) is 5.85. The highest BCUT2D eigenvalue weighted by Gasteiger charge is 2.29. The molecule has 0 amide bonds. The van der Waals surface area contributed by atoms with E-state index in [2.05, 4.69) is 5.32 Å². The SMILES string of the molecule is CC(CS(C)=O)NC1CCCC(S(C)(=O)=O)C1. The quantitative estimate of drug-likeness (QED) is 0.806. The van der Waals surface area contributed by atoms with Gasteiger partial charge in [-0.1, -0.05) is 6.42 Å². The van der Waals surface area contributed by atoms with Gasteiger partial charge in [-0.15, -0.1) is 0 Å². The van der Waals surface area contributed by atoms with Gasteiger partial charge >= 0.3 is 0 Å². The van der Waals surface area contributed by atoms with E-state index in [1.165, 1.54) is 6.26 Å². The Morgan fingerprint density at radius 3 is 2.59 bits per heavy atom. The maximum absolute atomic E-state index is 11.5. The Balaban J connectivity index is 2.47. The van der Waals surface area contributed by atoms with Gasteiger partial charge < -0.3 is 5.32 Å². The van der Waals surface area contributed by atoms with Crippen molar-refractivity contribution in [1.29, 1.82) is 0 Å². The highest BCUT2D eigenvalue weighted by Crippen LogP contribution is 2.24. The van der Waals surface area contributed by atoms with Crippen LogP contribution < -0.4 is 5.32 Å². The van der Waals surface area contributed by atoms with Crippen LogP contribution >= 0.6 is 0 Å². The minimum atomic E-state index is -2.92. The van der Waals surface area contributed by atoms with Crippen LogP contribution in [0.2, 0.25) is 0 Å². The van der Waals surface area contributed by atoms with Gasteiger partial charge in [-0.3, -0.25) is 4.21 Å². The van der Waals surface area contributed by atoms with Crippen LogP contribution in [-0.4, -0.2) is 48.2 Å². The first-order valence-corrected chi connectivity index (χ1v) is 9.72. The Kier molecular flexibility index (Phi) is 5.60. The molecule has 0 aromatic rings. The molecule has 1 N–H and O–H groups in total. The summed E-state index contributed by atoms with van der Waals surface area (Å²) in [5.74, 6) is 0.625. The van der Waals surface area contributed by atoms with E-state index in [0.29, 0.717) is 12.2 Å². The van der Waals surface area contributed by atoms with Crippen molar-refractivity contribution in [2.75, 3.05) is 18.3 Å². The fraction of sp³-hybridized carbons (Fsp3) is 1.00. The second kappa shape index (κ2) is 6.29. The van der Waals surface area contributed by atoms with Gasteiger partial charge in [0.2, 0.25) is 0 Å². The summed E-state index contributed by atoms with van der Waals surface area (Å²) in [5.41, 5.74) is 0. The zero-order valence-electron chi connectivity index (χ0n) is 10.8. The van der Waals surface area contributed by atoms with Gasteiger partial charge in [-0.25, -0.2) is 8.42 Å². The summed E-state index contributed by atoms with van der Waals surface area (Å²) in [5, 5.41) is 3.19. The Morgan fingerprint density at radius 1 is 1.41 bits per heavy atom. The Bertz CT molecular complexity index is 367. The van der Waals surface area contributed by atoms with E-state index in [1.807, 2.05) is 6.92 Å². The molecule has 0 aromatic heterocycles. The molecule has 6 heteroatoms. The van der Waals surface area contributed by atoms with Crippen LogP contribution in [-0.2, 0) is 20.6 Å². The first kappa shape index (κ1) is 15.1. The maximum atomic E-state index is 11.5. The Labute approximate surface area is 107 Å². The van der Waals surface area contributed by atoms with Crippen molar-refractivity contribution in [2.45, 2.75) is 49.9 Å². The summed E-state index contributed by atoms with van der Waals surface area (Å²) in [6.07, 6.45) is 6.47. The van der Waals surface area contributed by atoms with Gasteiger partial charge in [0, 0.05) is 41.1 Å². The molecule has 0 spiro atoms. The van der Waals surface area contributed by atoms with Crippen molar-refractivity contribution in [3.63, 3.8) is 0 Å². The van der Waals surface area contributed by atoms with Gasteiger partial charge in [-0.05, 0) is 26.2 Å². The highest BCUT2D eigenvalue weighted by molar-refractivity contribution is 7.91. The molecule has 102 valence electrons. The molecular formula is C11H23NO3S2. The van der Waals surface area contributed by atoms with Crippen molar-refractivity contribution in [3.05, 3.63) is 0 Å². The molecule has 4 atom stereocenters. The lowest BCUT2D eigenvalue weighted by Crippen LogP contribution is -2.44. The van der Waals surface area contributed by atoms with E-state index in [1.54, 1.807) is 6.26 Å². The van der Waals surface area contributed by atoms with Crippen molar-refractivity contribution in [1.82, 2.24) is 5.32 Å². The average molecular weight is 281 g/mol. The van der Waals surface area contributed by atoms with Crippen LogP contribution in [0.1, 0.15) is 32.6 Å². The van der Waals surface area contributed by atoms with E-state index in [-0.39, 0.29) is 17.3 Å². The van der Waals surface area contributed by atoms with Crippen molar-refractivity contribution >= 4 is 20.6 Å². The zero-order chi connectivity index (χ0) is 13.1. The number of rotatable bonds is 5. The second-order valence-corrected chi connectivity index (χ2v) is 8.93. The summed E-state index contributed by atoms with van der Waals surface area (Å²) < 4.78 is 34.1. The molecule has 17 heavy (non-hydrogen) atoms. The van der Waals surface area contributed by atoms with Crippen LogP contribution in [0, 0.1) is 0 Å². The molecule has 1 saturated carbocycles. The fourth-order valence-corrected chi connectivity index (χ4v) is 4.46. The summed E-state index contributed by atoms with van der Waals surface area (Å²) in [4.78, 5) is 0. The number of sulfone groups is 1. The molecule has 0 aromatic carbocycles. The first-order valence-electron chi connectivity index (χ1n) is 6.04. The summed E-state index contributed by atoms with van der Waals surface area (Å²) >= 11 is 0. The van der Waals surface area contributed by atoms with Crippen molar-refractivity contribution in [3.8, 4) is 0 Å². The number of nitrogens with one attached hydrogen (secondary N) is 1. The van der Waals surface area contributed by atoms with Gasteiger partial charge in [0.25, 0.3) is 0 Å². The van der Waals surface area contributed by atoms with E-state index in [9.17, 15) is 12.6 Å². The molecule has 0 saturated heterocycles. The Morgan fingerprint density at radius 2 is 2.06 bits per heavy atom. The average Bonchev–Trinajstić information content (AvgIpc) is 2.15. The second-order valence-electron chi connectivity index (χ2n) is 5.12. The molecule has 0 aliphatic heterocycles. The van der Waals surface area contributed by atoms with Gasteiger partial charge in [-0.2, -0.15) is 0 Å². The van der Waals surface area contributed by atoms with E-state index in [0.717, 1.165) is 19.3 Å². The van der Waals surface area contributed by atoms with Gasteiger partial charge in [0.1, 0.15) is 9.84 Å². The molecule has 0 radical (unpaired) electrons. The maximum Gasteiger partial charge on any atom is 0.150 e. The minimum Gasteiger partial charge on any atom is -0.311 e. The predicted octanol–water partition coefficient (Wildman–Crippen LogP) is 0.699. The van der Waals surface area contributed by atoms with Gasteiger partial charge in [0.05, 0.1) is 5.25 Å². The number of hydrogen-bond donors (Lipinski definition) is 1. The van der Waals surface area contributed by atoms with E-state index >= 15 is 0 Å². The van der Waals surface area contributed by atoms with Crippen LogP contribution in [0.25, 0.3) is 0 Å².